The zero-order valence-corrected chi connectivity index (χ0v) is 9.86. The number of rotatable bonds is 3. The number of ketones is 1. The summed E-state index contributed by atoms with van der Waals surface area (Å²) < 4.78 is 0. The topological polar surface area (TPSA) is 56.0 Å². The quantitative estimate of drug-likeness (QED) is 0.828. The highest BCUT2D eigenvalue weighted by Gasteiger charge is 2.23. The van der Waals surface area contributed by atoms with Crippen molar-refractivity contribution in [3.63, 3.8) is 0 Å². The highest BCUT2D eigenvalue weighted by Crippen LogP contribution is 2.18. The zero-order chi connectivity index (χ0) is 10.9. The first kappa shape index (κ1) is 11.3. The number of aryl methyl sites for hydroxylation is 2. The van der Waals surface area contributed by atoms with Crippen LogP contribution in [0, 0.1) is 13.8 Å². The number of nitrogens with zero attached hydrogens (tertiary/aromatic N) is 1. The molecule has 2 N–H and O–H groups in total. The molecule has 3 nitrogen and oxygen atoms in total. The van der Waals surface area contributed by atoms with Crippen LogP contribution in [0.5, 0.6) is 0 Å². The van der Waals surface area contributed by atoms with Gasteiger partial charge >= 0.3 is 0 Å². The average molecular weight is 212 g/mol. The van der Waals surface area contributed by atoms with Gasteiger partial charge in [0.25, 0.3) is 0 Å². The monoisotopic (exact) mass is 212 g/mol. The van der Waals surface area contributed by atoms with Crippen LogP contribution in [-0.4, -0.2) is 16.3 Å². The van der Waals surface area contributed by atoms with Gasteiger partial charge in [0.1, 0.15) is 5.01 Å². The van der Waals surface area contributed by atoms with E-state index in [9.17, 15) is 4.79 Å². The Balaban J connectivity index is 2.75. The molecule has 0 atom stereocenters. The number of nitrogens with two attached hydrogens (primary N) is 1. The molecule has 1 heterocycles. The van der Waals surface area contributed by atoms with Gasteiger partial charge in [-0.25, -0.2) is 4.98 Å². The Hall–Kier alpha value is -0.740. The van der Waals surface area contributed by atoms with Crippen LogP contribution in [0.25, 0.3) is 0 Å². The van der Waals surface area contributed by atoms with Crippen LogP contribution in [0.1, 0.15) is 29.4 Å². The van der Waals surface area contributed by atoms with E-state index in [4.69, 9.17) is 5.73 Å². The van der Waals surface area contributed by atoms with Crippen LogP contribution < -0.4 is 5.73 Å². The Kier molecular flexibility index (Phi) is 3.07. The predicted molar refractivity (Wildman–Crippen MR) is 58.6 cm³/mol. The molecule has 1 aromatic rings. The second-order valence-electron chi connectivity index (χ2n) is 4.07. The first-order chi connectivity index (χ1) is 6.30. The van der Waals surface area contributed by atoms with Crippen LogP contribution in [0.15, 0.2) is 0 Å². The van der Waals surface area contributed by atoms with Crippen molar-refractivity contribution in [3.05, 3.63) is 15.6 Å². The molecule has 0 aliphatic carbocycles. The van der Waals surface area contributed by atoms with E-state index in [0.717, 1.165) is 10.7 Å². The van der Waals surface area contributed by atoms with Gasteiger partial charge in [-0.3, -0.25) is 4.79 Å². The number of carbonyl (C=O) groups is 1. The molecule has 0 aromatic carbocycles. The molecular weight excluding hydrogens is 196 g/mol. The Labute approximate surface area is 88.3 Å². The summed E-state index contributed by atoms with van der Waals surface area (Å²) in [5.74, 6) is 0.0336. The maximum Gasteiger partial charge on any atom is 0.158 e. The van der Waals surface area contributed by atoms with Gasteiger partial charge < -0.3 is 5.73 Å². The van der Waals surface area contributed by atoms with E-state index in [2.05, 4.69) is 4.98 Å². The van der Waals surface area contributed by atoms with E-state index < -0.39 is 5.54 Å². The lowest BCUT2D eigenvalue weighted by atomic mass is 9.99. The van der Waals surface area contributed by atoms with E-state index >= 15 is 0 Å². The van der Waals surface area contributed by atoms with Crippen LogP contribution in [0.4, 0.5) is 0 Å². The molecule has 0 saturated heterocycles. The second-order valence-corrected chi connectivity index (χ2v) is 5.36. The standard InChI is InChI=1S/C10H16N2OS/c1-6-7(2)14-9(12-6)5-8(13)10(3,4)11/h5,11H2,1-4H3. The van der Waals surface area contributed by atoms with Crippen molar-refractivity contribution in [1.29, 1.82) is 0 Å². The number of Topliss-reactive ketones (excluding diaryl/α,β-unsaturated/α-hetero) is 1. The van der Waals surface area contributed by atoms with Gasteiger partial charge in [0, 0.05) is 4.88 Å². The summed E-state index contributed by atoms with van der Waals surface area (Å²) in [5, 5.41) is 0.864. The Bertz CT molecular complexity index is 330. The van der Waals surface area contributed by atoms with Gasteiger partial charge in [0.2, 0.25) is 0 Å². The van der Waals surface area contributed by atoms with Crippen molar-refractivity contribution in [2.24, 2.45) is 5.73 Å². The SMILES string of the molecule is Cc1nc(CC(=O)C(C)(C)N)sc1C. The lowest BCUT2D eigenvalue weighted by Crippen LogP contribution is -2.42. The summed E-state index contributed by atoms with van der Waals surface area (Å²) in [5.41, 5.74) is 5.95. The van der Waals surface area contributed by atoms with Crippen molar-refractivity contribution in [1.82, 2.24) is 4.98 Å². The van der Waals surface area contributed by atoms with Crippen molar-refractivity contribution < 1.29 is 4.79 Å². The summed E-state index contributed by atoms with van der Waals surface area (Å²) >= 11 is 1.57. The number of carbonyl (C=O) groups excluding carboxylic acids is 1. The van der Waals surface area contributed by atoms with E-state index in [0.29, 0.717) is 6.42 Å². The highest BCUT2D eigenvalue weighted by molar-refractivity contribution is 7.11. The summed E-state index contributed by atoms with van der Waals surface area (Å²) in [6.07, 6.45) is 0.350. The fourth-order valence-electron chi connectivity index (χ4n) is 0.980. The Morgan fingerprint density at radius 2 is 2.07 bits per heavy atom. The summed E-state index contributed by atoms with van der Waals surface area (Å²) in [4.78, 5) is 17.1. The smallest absolute Gasteiger partial charge is 0.158 e. The van der Waals surface area contributed by atoms with E-state index in [1.807, 2.05) is 13.8 Å². The fourth-order valence-corrected chi connectivity index (χ4v) is 1.91. The molecule has 0 saturated carbocycles. The van der Waals surface area contributed by atoms with Crippen LogP contribution in [0.3, 0.4) is 0 Å². The Morgan fingerprint density at radius 1 is 1.50 bits per heavy atom. The summed E-state index contributed by atoms with van der Waals surface area (Å²) in [7, 11) is 0. The first-order valence-electron chi connectivity index (χ1n) is 4.56. The second kappa shape index (κ2) is 3.79. The molecule has 0 spiro atoms. The minimum atomic E-state index is -0.756. The molecular formula is C10H16N2OS. The van der Waals surface area contributed by atoms with Gasteiger partial charge in [0.15, 0.2) is 5.78 Å². The van der Waals surface area contributed by atoms with Crippen molar-refractivity contribution in [2.75, 3.05) is 0 Å². The highest BCUT2D eigenvalue weighted by atomic mass is 32.1. The maximum atomic E-state index is 11.6. The van der Waals surface area contributed by atoms with E-state index in [1.165, 1.54) is 4.88 Å². The molecule has 14 heavy (non-hydrogen) atoms. The molecule has 0 radical (unpaired) electrons. The molecule has 0 aliphatic rings. The molecule has 0 amide bonds. The molecule has 0 unspecified atom stereocenters. The first-order valence-corrected chi connectivity index (χ1v) is 5.37. The third kappa shape index (κ3) is 2.62. The van der Waals surface area contributed by atoms with Gasteiger partial charge in [-0.15, -0.1) is 11.3 Å². The van der Waals surface area contributed by atoms with Gasteiger partial charge in [0.05, 0.1) is 17.7 Å². The minimum Gasteiger partial charge on any atom is -0.319 e. The number of thiazole rings is 1. The average Bonchev–Trinajstić information content (AvgIpc) is 2.29. The number of aromatic nitrogens is 1. The van der Waals surface area contributed by atoms with Crippen molar-refractivity contribution >= 4 is 17.1 Å². The molecule has 0 fully saturated rings. The van der Waals surface area contributed by atoms with Crippen LogP contribution >= 0.6 is 11.3 Å². The summed E-state index contributed by atoms with van der Waals surface area (Å²) in [6.45, 7) is 7.41. The fraction of sp³-hybridized carbons (Fsp3) is 0.600. The lowest BCUT2D eigenvalue weighted by Gasteiger charge is -2.15. The van der Waals surface area contributed by atoms with E-state index in [-0.39, 0.29) is 5.78 Å². The molecule has 78 valence electrons. The Morgan fingerprint density at radius 3 is 2.43 bits per heavy atom. The molecule has 1 aromatic heterocycles. The molecule has 0 bridgehead atoms. The third-order valence-corrected chi connectivity index (χ3v) is 3.18. The lowest BCUT2D eigenvalue weighted by molar-refractivity contribution is -0.122. The predicted octanol–water partition coefficient (Wildman–Crippen LogP) is 1.61. The van der Waals surface area contributed by atoms with Gasteiger partial charge in [-0.1, -0.05) is 0 Å². The minimum absolute atomic E-state index is 0.0336. The molecule has 4 heteroatoms. The van der Waals surface area contributed by atoms with Crippen LogP contribution in [-0.2, 0) is 11.2 Å². The van der Waals surface area contributed by atoms with Crippen LogP contribution in [0.2, 0.25) is 0 Å². The third-order valence-electron chi connectivity index (χ3n) is 2.10. The van der Waals surface area contributed by atoms with E-state index in [1.54, 1.807) is 25.2 Å². The van der Waals surface area contributed by atoms with Gasteiger partial charge in [-0.05, 0) is 27.7 Å². The van der Waals surface area contributed by atoms with Crippen molar-refractivity contribution in [3.8, 4) is 0 Å². The zero-order valence-electron chi connectivity index (χ0n) is 9.05. The largest absolute Gasteiger partial charge is 0.319 e. The summed E-state index contributed by atoms with van der Waals surface area (Å²) in [6, 6.07) is 0. The van der Waals surface area contributed by atoms with Gasteiger partial charge in [-0.2, -0.15) is 0 Å². The van der Waals surface area contributed by atoms with Crippen molar-refractivity contribution in [2.45, 2.75) is 39.7 Å². The normalized spacial score (nSPS) is 11.8. The maximum absolute atomic E-state index is 11.6. The molecule has 0 aliphatic heterocycles. The number of hydrogen-bond acceptors (Lipinski definition) is 4. The molecule has 1 rings (SSSR count). The number of hydrogen-bond donors (Lipinski definition) is 1.